The van der Waals surface area contributed by atoms with Gasteiger partial charge < -0.3 is 19.4 Å². The second kappa shape index (κ2) is 10.0. The lowest BCUT2D eigenvalue weighted by atomic mass is 9.82. The van der Waals surface area contributed by atoms with Crippen molar-refractivity contribution in [1.82, 2.24) is 9.88 Å². The number of hydrogen-bond donors (Lipinski definition) is 1. The number of carbonyl (C=O) groups excluding carboxylic acids is 2. The molecule has 194 valence electrons. The van der Waals surface area contributed by atoms with Crippen LogP contribution >= 0.6 is 0 Å². The minimum Gasteiger partial charge on any atom is -0.481 e. The van der Waals surface area contributed by atoms with Crippen molar-refractivity contribution in [3.05, 3.63) is 64.6 Å². The van der Waals surface area contributed by atoms with E-state index in [1.807, 2.05) is 55.1 Å². The van der Waals surface area contributed by atoms with Crippen molar-refractivity contribution in [2.45, 2.75) is 52.6 Å². The predicted octanol–water partition coefficient (Wildman–Crippen LogP) is 4.85. The number of esters is 1. The zero-order chi connectivity index (χ0) is 26.2. The highest BCUT2D eigenvalue weighted by Gasteiger charge is 2.57. The molecular formula is C30H34N2O5. The highest BCUT2D eigenvalue weighted by Crippen LogP contribution is 2.55. The van der Waals surface area contributed by atoms with Crippen LogP contribution in [0.4, 0.5) is 0 Å². The number of pyridine rings is 1. The van der Waals surface area contributed by atoms with E-state index in [1.165, 1.54) is 0 Å². The maximum Gasteiger partial charge on any atom is 0.312 e. The summed E-state index contributed by atoms with van der Waals surface area (Å²) < 4.78 is 11.4. The van der Waals surface area contributed by atoms with Gasteiger partial charge in [0.2, 0.25) is 0 Å². The van der Waals surface area contributed by atoms with Crippen LogP contribution in [-0.4, -0.2) is 47.6 Å². The Hall–Kier alpha value is -3.61. The number of ether oxygens (including phenoxy) is 2. The monoisotopic (exact) mass is 502 g/mol. The number of amides is 1. The van der Waals surface area contributed by atoms with Crippen molar-refractivity contribution in [1.29, 1.82) is 0 Å². The van der Waals surface area contributed by atoms with Gasteiger partial charge in [0, 0.05) is 24.8 Å². The molecule has 0 bridgehead atoms. The third kappa shape index (κ3) is 4.75. The second-order valence-corrected chi connectivity index (χ2v) is 10.3. The number of carbonyl (C=O) groups is 2. The van der Waals surface area contributed by atoms with Crippen LogP contribution in [0, 0.1) is 18.3 Å². The Balaban J connectivity index is 1.32. The van der Waals surface area contributed by atoms with Crippen LogP contribution in [0.25, 0.3) is 21.9 Å². The van der Waals surface area contributed by atoms with Crippen molar-refractivity contribution in [2.75, 3.05) is 19.7 Å². The second-order valence-electron chi connectivity index (χ2n) is 10.3. The molecule has 5 rings (SSSR count). The van der Waals surface area contributed by atoms with Gasteiger partial charge >= 0.3 is 5.97 Å². The van der Waals surface area contributed by atoms with Crippen molar-refractivity contribution in [3.63, 3.8) is 0 Å². The molecule has 2 fully saturated rings. The Bertz CT molecular complexity index is 1390. The number of benzene rings is 2. The zero-order valence-electron chi connectivity index (χ0n) is 21.7. The van der Waals surface area contributed by atoms with E-state index in [-0.39, 0.29) is 23.4 Å². The zero-order valence-corrected chi connectivity index (χ0v) is 21.7. The number of nitrogens with one attached hydrogen (secondary N) is 1. The molecule has 0 radical (unpaired) electrons. The summed E-state index contributed by atoms with van der Waals surface area (Å²) in [5.41, 5.74) is 2.48. The number of piperidine rings is 1. The lowest BCUT2D eigenvalue weighted by Crippen LogP contribution is -2.48. The largest absolute Gasteiger partial charge is 0.481 e. The number of aryl methyl sites for hydroxylation is 1. The molecule has 1 saturated carbocycles. The maximum absolute atomic E-state index is 13.3. The number of nitrogens with zero attached hydrogens (tertiary/aromatic N) is 1. The van der Waals surface area contributed by atoms with Crippen molar-refractivity contribution < 1.29 is 19.1 Å². The Morgan fingerprint density at radius 1 is 1.14 bits per heavy atom. The number of hydrogen-bond acceptors (Lipinski definition) is 5. The van der Waals surface area contributed by atoms with E-state index in [4.69, 9.17) is 9.47 Å². The van der Waals surface area contributed by atoms with Gasteiger partial charge in [-0.25, -0.2) is 0 Å². The molecule has 1 aromatic heterocycles. The molecule has 1 saturated heterocycles. The molecule has 2 aromatic carbocycles. The number of fused-ring (bicyclic) bond motifs is 1. The van der Waals surface area contributed by atoms with Gasteiger partial charge in [0.15, 0.2) is 6.10 Å². The smallest absolute Gasteiger partial charge is 0.312 e. The van der Waals surface area contributed by atoms with Crippen LogP contribution in [0.15, 0.2) is 53.5 Å². The van der Waals surface area contributed by atoms with Gasteiger partial charge in [0.05, 0.1) is 17.4 Å². The number of likely N-dealkylation sites (tertiary alicyclic amines) is 1. The summed E-state index contributed by atoms with van der Waals surface area (Å²) in [5, 5.41) is 1.35. The predicted molar refractivity (Wildman–Crippen MR) is 142 cm³/mol. The SMILES string of the molecule is CCOC(=O)C1(C2CCCN(C(=O)[C@@H](C)Oc3ccc4c(-c5ccccc5C)c[nH]c(=O)c4c3)C2)CC1. The van der Waals surface area contributed by atoms with Crippen molar-refractivity contribution >= 4 is 22.6 Å². The molecule has 1 N–H and O–H groups in total. The highest BCUT2D eigenvalue weighted by atomic mass is 16.5. The molecular weight excluding hydrogens is 468 g/mol. The van der Waals surface area contributed by atoms with E-state index in [9.17, 15) is 14.4 Å². The molecule has 3 aromatic rings. The number of rotatable bonds is 7. The first kappa shape index (κ1) is 25.1. The number of H-pyrrole nitrogens is 1. The van der Waals surface area contributed by atoms with Gasteiger partial charge in [0.25, 0.3) is 11.5 Å². The minimum absolute atomic E-state index is 0.105. The van der Waals surface area contributed by atoms with Gasteiger partial charge in [-0.2, -0.15) is 0 Å². The molecule has 1 amide bonds. The molecule has 7 heteroatoms. The van der Waals surface area contributed by atoms with E-state index >= 15 is 0 Å². The molecule has 7 nitrogen and oxygen atoms in total. The van der Waals surface area contributed by atoms with E-state index in [2.05, 4.69) is 4.98 Å². The van der Waals surface area contributed by atoms with Gasteiger partial charge in [-0.15, -0.1) is 0 Å². The molecule has 37 heavy (non-hydrogen) atoms. The maximum atomic E-state index is 13.3. The molecule has 1 aliphatic heterocycles. The lowest BCUT2D eigenvalue weighted by Gasteiger charge is -2.37. The summed E-state index contributed by atoms with van der Waals surface area (Å²) in [6, 6.07) is 13.4. The normalized spacial score (nSPS) is 19.3. The Morgan fingerprint density at radius 3 is 2.65 bits per heavy atom. The van der Waals surface area contributed by atoms with Gasteiger partial charge in [0.1, 0.15) is 5.75 Å². The third-order valence-corrected chi connectivity index (χ3v) is 7.95. The summed E-state index contributed by atoms with van der Waals surface area (Å²) in [5.74, 6) is 0.368. The molecule has 2 aliphatic rings. The van der Waals surface area contributed by atoms with Gasteiger partial charge in [-0.1, -0.05) is 24.3 Å². The average molecular weight is 503 g/mol. The standard InChI is InChI=1S/C30H34N2O5/c1-4-36-29(35)30(13-14-30)21-9-7-15-32(18-21)28(34)20(3)37-22-11-12-24-25(16-22)27(33)31-17-26(24)23-10-6-5-8-19(23)2/h5-6,8,10-12,16-17,20-21H,4,7,9,13-15,18H2,1-3H3,(H,31,33)/t20-,21?/m1/s1. The summed E-state index contributed by atoms with van der Waals surface area (Å²) >= 11 is 0. The molecule has 0 spiro atoms. The van der Waals surface area contributed by atoms with E-state index in [1.54, 1.807) is 19.2 Å². The molecule has 1 aliphatic carbocycles. The summed E-state index contributed by atoms with van der Waals surface area (Å²) in [6.07, 6.45) is 4.48. The quantitative estimate of drug-likeness (QED) is 0.467. The van der Waals surface area contributed by atoms with Crippen LogP contribution in [0.3, 0.4) is 0 Å². The fourth-order valence-electron chi connectivity index (χ4n) is 5.74. The van der Waals surface area contributed by atoms with Crippen LogP contribution < -0.4 is 10.3 Å². The summed E-state index contributed by atoms with van der Waals surface area (Å²) in [7, 11) is 0. The van der Waals surface area contributed by atoms with E-state index in [0.717, 1.165) is 47.8 Å². The van der Waals surface area contributed by atoms with E-state index in [0.29, 0.717) is 30.8 Å². The highest BCUT2D eigenvalue weighted by molar-refractivity contribution is 5.97. The fourth-order valence-corrected chi connectivity index (χ4v) is 5.74. The first-order valence-electron chi connectivity index (χ1n) is 13.2. The summed E-state index contributed by atoms with van der Waals surface area (Å²) in [6.45, 7) is 7.18. The van der Waals surface area contributed by atoms with Crippen LogP contribution in [0.1, 0.15) is 45.1 Å². The van der Waals surface area contributed by atoms with E-state index < -0.39 is 11.5 Å². The average Bonchev–Trinajstić information content (AvgIpc) is 3.72. The lowest BCUT2D eigenvalue weighted by molar-refractivity contribution is -0.155. The molecule has 2 atom stereocenters. The topological polar surface area (TPSA) is 88.7 Å². The van der Waals surface area contributed by atoms with Crippen molar-refractivity contribution in [3.8, 4) is 16.9 Å². The molecule has 1 unspecified atom stereocenters. The van der Waals surface area contributed by atoms with Crippen LogP contribution in [0.5, 0.6) is 5.75 Å². The summed E-state index contributed by atoms with van der Waals surface area (Å²) in [4.78, 5) is 43.2. The Morgan fingerprint density at radius 2 is 1.92 bits per heavy atom. The number of aromatic nitrogens is 1. The third-order valence-electron chi connectivity index (χ3n) is 7.95. The minimum atomic E-state index is -0.715. The van der Waals surface area contributed by atoms with Gasteiger partial charge in [-0.3, -0.25) is 14.4 Å². The van der Waals surface area contributed by atoms with Crippen LogP contribution in [-0.2, 0) is 14.3 Å². The Labute approximate surface area is 216 Å². The first-order valence-corrected chi connectivity index (χ1v) is 13.2. The Kier molecular flexibility index (Phi) is 6.80. The van der Waals surface area contributed by atoms with Crippen LogP contribution in [0.2, 0.25) is 0 Å². The first-order chi connectivity index (χ1) is 17.8. The molecule has 2 heterocycles. The number of aromatic amines is 1. The van der Waals surface area contributed by atoms with Gasteiger partial charge in [-0.05, 0) is 87.1 Å². The van der Waals surface area contributed by atoms with Crippen molar-refractivity contribution in [2.24, 2.45) is 11.3 Å². The fraction of sp³-hybridized carbons (Fsp3) is 0.433.